The molecule has 2 nitrogen and oxygen atoms in total. The summed E-state index contributed by atoms with van der Waals surface area (Å²) in [4.78, 5) is 0. The van der Waals surface area contributed by atoms with Crippen LogP contribution in [-0.2, 0) is 6.42 Å². The van der Waals surface area contributed by atoms with Crippen LogP contribution in [0.25, 0.3) is 77.2 Å². The lowest BCUT2D eigenvalue weighted by Crippen LogP contribution is -1.96. The minimum Gasteiger partial charge on any atom is -0.309 e. The second kappa shape index (κ2) is 9.57. The van der Waals surface area contributed by atoms with Crippen molar-refractivity contribution in [3.8, 4) is 33.6 Å². The molecule has 0 spiro atoms. The van der Waals surface area contributed by atoms with E-state index in [0.29, 0.717) is 0 Å². The van der Waals surface area contributed by atoms with Gasteiger partial charge in [0.1, 0.15) is 0 Å². The fourth-order valence-electron chi connectivity index (χ4n) is 7.85. The quantitative estimate of drug-likeness (QED) is 0.195. The molecule has 2 heteroatoms. The van der Waals surface area contributed by atoms with Crippen LogP contribution in [0.4, 0.5) is 0 Å². The smallest absolute Gasteiger partial charge is 0.0541 e. The van der Waals surface area contributed by atoms with Gasteiger partial charge in [0, 0.05) is 32.9 Å². The Kier molecular flexibility index (Phi) is 5.30. The molecule has 0 fully saturated rings. The first kappa shape index (κ1) is 25.5. The number of para-hydroxylation sites is 2. The molecule has 216 valence electrons. The number of fused-ring (bicyclic) bond motifs is 9. The zero-order valence-electron chi connectivity index (χ0n) is 25.5. The molecule has 0 saturated carbocycles. The van der Waals surface area contributed by atoms with Crippen LogP contribution in [0, 0.1) is 6.92 Å². The third-order valence-electron chi connectivity index (χ3n) is 9.98. The van der Waals surface area contributed by atoms with Gasteiger partial charge in [0.05, 0.1) is 22.1 Å². The predicted molar refractivity (Wildman–Crippen MR) is 194 cm³/mol. The molecule has 0 saturated heterocycles. The summed E-state index contributed by atoms with van der Waals surface area (Å²) in [6.07, 6.45) is 0.963. The van der Waals surface area contributed by atoms with Crippen molar-refractivity contribution in [3.63, 3.8) is 0 Å². The Labute approximate surface area is 267 Å². The molecular weight excluding hydrogens is 556 g/mol. The molecule has 2 aromatic heterocycles. The Hall–Kier alpha value is -5.86. The minimum atomic E-state index is 0.963. The Morgan fingerprint density at radius 2 is 0.913 bits per heavy atom. The summed E-state index contributed by atoms with van der Waals surface area (Å²) in [7, 11) is 0. The first-order chi connectivity index (χ1) is 22.7. The van der Waals surface area contributed by atoms with Crippen molar-refractivity contribution in [1.29, 1.82) is 0 Å². The highest BCUT2D eigenvalue weighted by Crippen LogP contribution is 2.42. The second-order valence-corrected chi connectivity index (χ2v) is 12.7. The third-order valence-corrected chi connectivity index (χ3v) is 9.98. The van der Waals surface area contributed by atoms with E-state index in [0.717, 1.165) is 6.42 Å². The zero-order chi connectivity index (χ0) is 30.4. The maximum Gasteiger partial charge on any atom is 0.0541 e. The first-order valence-corrected chi connectivity index (χ1v) is 16.1. The van der Waals surface area contributed by atoms with Gasteiger partial charge in [-0.3, -0.25) is 0 Å². The van der Waals surface area contributed by atoms with Gasteiger partial charge in [-0.1, -0.05) is 96.6 Å². The molecule has 0 radical (unpaired) electrons. The SMILES string of the molecule is Cc1ccc2c(c1)c1ccccc1n2-c1ccc2c(c1)-c1cc(-n3c4ccccc4c4cc(-c5ccccc5)ccc43)ccc1C2. The van der Waals surface area contributed by atoms with Gasteiger partial charge in [-0.2, -0.15) is 0 Å². The number of hydrogen-bond acceptors (Lipinski definition) is 0. The molecule has 0 unspecified atom stereocenters. The maximum absolute atomic E-state index is 2.44. The van der Waals surface area contributed by atoms with Gasteiger partial charge >= 0.3 is 0 Å². The maximum atomic E-state index is 2.44. The lowest BCUT2D eigenvalue weighted by atomic mass is 10.0. The number of benzene rings is 7. The molecule has 0 aliphatic heterocycles. The predicted octanol–water partition coefficient (Wildman–Crippen LogP) is 11.4. The molecule has 1 aliphatic rings. The van der Waals surface area contributed by atoms with Crippen LogP contribution in [0.1, 0.15) is 16.7 Å². The summed E-state index contributed by atoms with van der Waals surface area (Å²) in [5.74, 6) is 0. The molecule has 0 N–H and O–H groups in total. The minimum absolute atomic E-state index is 0.963. The molecule has 9 aromatic rings. The van der Waals surface area contributed by atoms with E-state index >= 15 is 0 Å². The van der Waals surface area contributed by atoms with Gasteiger partial charge < -0.3 is 9.13 Å². The van der Waals surface area contributed by atoms with Crippen molar-refractivity contribution < 1.29 is 0 Å². The van der Waals surface area contributed by atoms with Crippen LogP contribution < -0.4 is 0 Å². The molecule has 7 aromatic carbocycles. The fourth-order valence-corrected chi connectivity index (χ4v) is 7.85. The van der Waals surface area contributed by atoms with Crippen LogP contribution in [0.2, 0.25) is 0 Å². The summed E-state index contributed by atoms with van der Waals surface area (Å²) in [5.41, 5.74) is 16.6. The van der Waals surface area contributed by atoms with Crippen molar-refractivity contribution in [3.05, 3.63) is 168 Å². The highest BCUT2D eigenvalue weighted by Gasteiger charge is 2.22. The number of nitrogens with zero attached hydrogens (tertiary/aromatic N) is 2. The number of aromatic nitrogens is 2. The molecule has 2 heterocycles. The molecular formula is C44H30N2. The number of rotatable bonds is 3. The average molecular weight is 587 g/mol. The van der Waals surface area contributed by atoms with Crippen LogP contribution in [0.3, 0.4) is 0 Å². The number of aryl methyl sites for hydroxylation is 1. The van der Waals surface area contributed by atoms with Gasteiger partial charge in [0.25, 0.3) is 0 Å². The van der Waals surface area contributed by atoms with E-state index in [1.807, 2.05) is 0 Å². The molecule has 46 heavy (non-hydrogen) atoms. The summed E-state index contributed by atoms with van der Waals surface area (Å²) in [5, 5.41) is 5.16. The van der Waals surface area contributed by atoms with Gasteiger partial charge in [-0.25, -0.2) is 0 Å². The molecule has 1 aliphatic carbocycles. The van der Waals surface area contributed by atoms with Crippen LogP contribution >= 0.6 is 0 Å². The van der Waals surface area contributed by atoms with Crippen LogP contribution in [-0.4, -0.2) is 9.13 Å². The summed E-state index contributed by atoms with van der Waals surface area (Å²) >= 11 is 0. The average Bonchev–Trinajstić information content (AvgIpc) is 3.75. The monoisotopic (exact) mass is 586 g/mol. The van der Waals surface area contributed by atoms with Crippen molar-refractivity contribution in [2.75, 3.05) is 0 Å². The zero-order valence-corrected chi connectivity index (χ0v) is 25.5. The first-order valence-electron chi connectivity index (χ1n) is 16.1. The Bertz CT molecular complexity index is 2670. The standard InChI is InChI=1S/C44H30N2/c1-28-15-21-43-39(23-28)35-11-5-7-13-41(35)45(43)33-19-16-31-24-32-17-20-34(27-38(32)37(31)26-33)46-42-14-8-6-12-36(42)40-25-30(18-22-44(40)46)29-9-3-2-4-10-29/h2-23,25-27H,24H2,1H3. The molecule has 0 bridgehead atoms. The molecule has 0 amide bonds. The van der Waals surface area contributed by atoms with Gasteiger partial charge in [-0.05, 0) is 107 Å². The number of hydrogen-bond donors (Lipinski definition) is 0. The Morgan fingerprint density at radius 3 is 1.54 bits per heavy atom. The summed E-state index contributed by atoms with van der Waals surface area (Å²) in [6.45, 7) is 2.18. The van der Waals surface area contributed by atoms with E-state index in [1.165, 1.54) is 93.9 Å². The van der Waals surface area contributed by atoms with E-state index in [4.69, 9.17) is 0 Å². The largest absolute Gasteiger partial charge is 0.309 e. The van der Waals surface area contributed by atoms with Crippen LogP contribution in [0.5, 0.6) is 0 Å². The van der Waals surface area contributed by atoms with Gasteiger partial charge in [0.15, 0.2) is 0 Å². The van der Waals surface area contributed by atoms with E-state index in [2.05, 4.69) is 168 Å². The normalized spacial score (nSPS) is 12.4. The summed E-state index contributed by atoms with van der Waals surface area (Å²) in [6, 6.07) is 56.1. The molecule has 10 rings (SSSR count). The highest BCUT2D eigenvalue weighted by molar-refractivity contribution is 6.11. The van der Waals surface area contributed by atoms with Gasteiger partial charge in [0.2, 0.25) is 0 Å². The Balaban J connectivity index is 1.16. The summed E-state index contributed by atoms with van der Waals surface area (Å²) < 4.78 is 4.88. The third kappa shape index (κ3) is 3.64. The van der Waals surface area contributed by atoms with Gasteiger partial charge in [-0.15, -0.1) is 0 Å². The second-order valence-electron chi connectivity index (χ2n) is 12.7. The lowest BCUT2D eigenvalue weighted by molar-refractivity contribution is 1.17. The highest BCUT2D eigenvalue weighted by atomic mass is 15.0. The van der Waals surface area contributed by atoms with Crippen LogP contribution in [0.15, 0.2) is 152 Å². The molecule has 0 atom stereocenters. The van der Waals surface area contributed by atoms with E-state index in [9.17, 15) is 0 Å². The fraction of sp³-hybridized carbons (Fsp3) is 0.0455. The van der Waals surface area contributed by atoms with E-state index in [1.54, 1.807) is 0 Å². The van der Waals surface area contributed by atoms with Crippen molar-refractivity contribution in [1.82, 2.24) is 9.13 Å². The lowest BCUT2D eigenvalue weighted by Gasteiger charge is -2.12. The van der Waals surface area contributed by atoms with E-state index < -0.39 is 0 Å². The van der Waals surface area contributed by atoms with Crippen molar-refractivity contribution in [2.45, 2.75) is 13.3 Å². The Morgan fingerprint density at radius 1 is 0.391 bits per heavy atom. The van der Waals surface area contributed by atoms with Crippen molar-refractivity contribution >= 4 is 43.6 Å². The van der Waals surface area contributed by atoms with E-state index in [-0.39, 0.29) is 0 Å². The van der Waals surface area contributed by atoms with Crippen molar-refractivity contribution in [2.24, 2.45) is 0 Å². The topological polar surface area (TPSA) is 9.86 Å².